The van der Waals surface area contributed by atoms with Crippen molar-refractivity contribution >= 4 is 33.4 Å². The van der Waals surface area contributed by atoms with Gasteiger partial charge >= 0.3 is 12.4 Å². The number of fused-ring (bicyclic) bond motifs is 2. The molecule has 2 aromatic carbocycles. The van der Waals surface area contributed by atoms with Crippen molar-refractivity contribution in [3.63, 3.8) is 0 Å². The van der Waals surface area contributed by atoms with E-state index in [2.05, 4.69) is 15.3 Å². The van der Waals surface area contributed by atoms with Crippen LogP contribution in [0.15, 0.2) is 48.8 Å². The maximum atomic E-state index is 13.5. The molecule has 0 fully saturated rings. The van der Waals surface area contributed by atoms with Gasteiger partial charge in [0.2, 0.25) is 0 Å². The minimum absolute atomic E-state index is 0.120. The first-order valence-electron chi connectivity index (χ1n) is 8.64. The van der Waals surface area contributed by atoms with Crippen molar-refractivity contribution in [3.05, 3.63) is 65.5 Å². The molecule has 0 aliphatic rings. The number of aromatic nitrogens is 2. The third-order valence-electron chi connectivity index (χ3n) is 4.63. The van der Waals surface area contributed by atoms with E-state index in [1.807, 2.05) is 0 Å². The van der Waals surface area contributed by atoms with Gasteiger partial charge in [-0.15, -0.1) is 0 Å². The van der Waals surface area contributed by atoms with Crippen LogP contribution in [0, 0.1) is 0 Å². The van der Waals surface area contributed by atoms with Crippen LogP contribution in [0.4, 0.5) is 32.0 Å². The summed E-state index contributed by atoms with van der Waals surface area (Å²) in [6, 6.07) is 6.83. The number of carbonyl (C=O) groups excluding carboxylic acids is 1. The molecule has 2 aromatic heterocycles. The number of amides is 1. The number of halogens is 6. The fraction of sp³-hybridized carbons (Fsp3) is 0.100. The molecule has 0 saturated heterocycles. The van der Waals surface area contributed by atoms with Crippen molar-refractivity contribution in [1.82, 2.24) is 9.97 Å². The summed E-state index contributed by atoms with van der Waals surface area (Å²) in [4.78, 5) is 19.0. The Kier molecular flexibility index (Phi) is 4.56. The van der Waals surface area contributed by atoms with Crippen LogP contribution in [0.1, 0.15) is 21.5 Å². The summed E-state index contributed by atoms with van der Waals surface area (Å²) in [5.74, 6) is -2.10. The van der Waals surface area contributed by atoms with Gasteiger partial charge in [0.1, 0.15) is 11.3 Å². The molecule has 31 heavy (non-hydrogen) atoms. The highest BCUT2D eigenvalue weighted by atomic mass is 19.4. The van der Waals surface area contributed by atoms with E-state index in [1.165, 1.54) is 6.07 Å². The lowest BCUT2D eigenvalue weighted by atomic mass is 10.0. The van der Waals surface area contributed by atoms with E-state index in [0.717, 1.165) is 11.6 Å². The average Bonchev–Trinajstić information content (AvgIpc) is 3.13. The van der Waals surface area contributed by atoms with Crippen molar-refractivity contribution < 1.29 is 36.2 Å². The first-order chi connectivity index (χ1) is 14.4. The number of anilines is 1. The molecule has 1 amide bonds. The number of pyridine rings is 1. The second kappa shape index (κ2) is 6.89. The molecule has 4 rings (SSSR count). The summed E-state index contributed by atoms with van der Waals surface area (Å²) < 4.78 is 79.4. The molecule has 11 heteroatoms. The van der Waals surface area contributed by atoms with Gasteiger partial charge in [0.05, 0.1) is 22.0 Å². The summed E-state index contributed by atoms with van der Waals surface area (Å²) in [6.45, 7) is 0. The average molecular weight is 439 g/mol. The van der Waals surface area contributed by atoms with Crippen molar-refractivity contribution in [2.75, 3.05) is 5.32 Å². The third kappa shape index (κ3) is 3.74. The molecule has 0 radical (unpaired) electrons. The molecular formula is C20H11F6N3O2. The number of nitrogens with zero attached hydrogens (tertiary/aromatic N) is 1. The largest absolute Gasteiger partial charge is 0.506 e. The zero-order chi connectivity index (χ0) is 22.6. The van der Waals surface area contributed by atoms with Crippen LogP contribution in [-0.4, -0.2) is 21.0 Å². The molecule has 0 aliphatic carbocycles. The fourth-order valence-electron chi connectivity index (χ4n) is 3.18. The minimum Gasteiger partial charge on any atom is -0.506 e. The number of nitrogens with one attached hydrogen (secondary N) is 2. The molecule has 4 aromatic rings. The zero-order valence-corrected chi connectivity index (χ0v) is 15.2. The van der Waals surface area contributed by atoms with Gasteiger partial charge in [-0.05, 0) is 35.7 Å². The molecule has 0 unspecified atom stereocenters. The molecule has 0 saturated carbocycles. The van der Waals surface area contributed by atoms with Crippen LogP contribution in [0.25, 0.3) is 21.8 Å². The molecule has 160 valence electrons. The van der Waals surface area contributed by atoms with E-state index in [9.17, 15) is 36.2 Å². The third-order valence-corrected chi connectivity index (χ3v) is 4.63. The van der Waals surface area contributed by atoms with E-state index in [1.54, 1.807) is 24.4 Å². The molecule has 0 aliphatic heterocycles. The summed E-state index contributed by atoms with van der Waals surface area (Å²) in [6.07, 6.45) is -7.89. The fourth-order valence-corrected chi connectivity index (χ4v) is 3.18. The monoisotopic (exact) mass is 439 g/mol. The van der Waals surface area contributed by atoms with Crippen LogP contribution in [-0.2, 0) is 12.4 Å². The lowest BCUT2D eigenvalue weighted by Crippen LogP contribution is -2.15. The smallest absolute Gasteiger partial charge is 0.417 e. The summed E-state index contributed by atoms with van der Waals surface area (Å²) in [5.41, 5.74) is -3.73. The van der Waals surface area contributed by atoms with E-state index >= 15 is 0 Å². The second-order valence-corrected chi connectivity index (χ2v) is 6.67. The molecule has 0 bridgehead atoms. The number of carbonyl (C=O) groups is 1. The van der Waals surface area contributed by atoms with E-state index < -0.39 is 51.6 Å². The second-order valence-electron chi connectivity index (χ2n) is 6.67. The van der Waals surface area contributed by atoms with Crippen LogP contribution < -0.4 is 5.32 Å². The lowest BCUT2D eigenvalue weighted by molar-refractivity contribution is -0.142. The Balaban J connectivity index is 1.81. The zero-order valence-electron chi connectivity index (χ0n) is 15.2. The molecule has 2 heterocycles. The highest BCUT2D eigenvalue weighted by molar-refractivity contribution is 6.10. The highest BCUT2D eigenvalue weighted by Gasteiger charge is 2.39. The molecular weight excluding hydrogens is 428 g/mol. The van der Waals surface area contributed by atoms with Crippen LogP contribution in [0.5, 0.6) is 5.75 Å². The Bertz CT molecular complexity index is 1320. The van der Waals surface area contributed by atoms with E-state index in [-0.39, 0.29) is 11.8 Å². The van der Waals surface area contributed by atoms with Gasteiger partial charge in [-0.1, -0.05) is 6.07 Å². The van der Waals surface area contributed by atoms with Gasteiger partial charge in [-0.2, -0.15) is 26.3 Å². The normalized spacial score (nSPS) is 12.5. The van der Waals surface area contributed by atoms with Gasteiger partial charge in [0.15, 0.2) is 0 Å². The lowest BCUT2D eigenvalue weighted by Gasteiger charge is -2.16. The number of benzene rings is 2. The Morgan fingerprint density at radius 1 is 1.00 bits per heavy atom. The van der Waals surface area contributed by atoms with Crippen LogP contribution >= 0.6 is 0 Å². The predicted octanol–water partition coefficient (Wildman–Crippen LogP) is 5.71. The molecule has 0 atom stereocenters. The number of aromatic hydroxyl groups is 1. The Labute approximate surface area is 169 Å². The standard InChI is InChI=1S/C20H11F6N3O2/c21-19(22,23)10-5-13(20(24,25)26)16-15(6-10)28-8-12(17(16)30)18(31)29-11-2-1-9-3-4-27-14(9)7-11/h1-8,27H,(H,28,30)(H,29,31). The topological polar surface area (TPSA) is 78.0 Å². The summed E-state index contributed by atoms with van der Waals surface area (Å²) in [5, 5.41) is 12.7. The highest BCUT2D eigenvalue weighted by Crippen LogP contribution is 2.43. The maximum absolute atomic E-state index is 13.5. The van der Waals surface area contributed by atoms with Crippen molar-refractivity contribution in [2.24, 2.45) is 0 Å². The van der Waals surface area contributed by atoms with E-state index in [0.29, 0.717) is 11.6 Å². The molecule has 5 nitrogen and oxygen atoms in total. The summed E-state index contributed by atoms with van der Waals surface area (Å²) >= 11 is 0. The Morgan fingerprint density at radius 2 is 1.74 bits per heavy atom. The van der Waals surface area contributed by atoms with Gasteiger partial charge in [0, 0.05) is 23.6 Å². The van der Waals surface area contributed by atoms with Crippen molar-refractivity contribution in [1.29, 1.82) is 0 Å². The predicted molar refractivity (Wildman–Crippen MR) is 99.7 cm³/mol. The Hall–Kier alpha value is -3.76. The number of hydrogen-bond acceptors (Lipinski definition) is 3. The minimum atomic E-state index is -5.23. The van der Waals surface area contributed by atoms with Crippen molar-refractivity contribution in [2.45, 2.75) is 12.4 Å². The SMILES string of the molecule is O=C(Nc1ccc2cc[nH]c2c1)c1cnc2cc(C(F)(F)F)cc(C(F)(F)F)c2c1O. The quantitative estimate of drug-likeness (QED) is 0.350. The van der Waals surface area contributed by atoms with Crippen LogP contribution in [0.3, 0.4) is 0 Å². The van der Waals surface area contributed by atoms with Gasteiger partial charge in [-0.3, -0.25) is 9.78 Å². The van der Waals surface area contributed by atoms with Gasteiger partial charge < -0.3 is 15.4 Å². The van der Waals surface area contributed by atoms with E-state index in [4.69, 9.17) is 0 Å². The number of rotatable bonds is 2. The number of H-pyrrole nitrogens is 1. The Morgan fingerprint density at radius 3 is 2.42 bits per heavy atom. The molecule has 0 spiro atoms. The molecule has 3 N–H and O–H groups in total. The first-order valence-corrected chi connectivity index (χ1v) is 8.64. The number of alkyl halides is 6. The van der Waals surface area contributed by atoms with Gasteiger partial charge in [0.25, 0.3) is 5.91 Å². The number of hydrogen-bond donors (Lipinski definition) is 3. The van der Waals surface area contributed by atoms with Gasteiger partial charge in [-0.25, -0.2) is 0 Å². The maximum Gasteiger partial charge on any atom is 0.417 e. The van der Waals surface area contributed by atoms with Crippen molar-refractivity contribution in [3.8, 4) is 5.75 Å². The summed E-state index contributed by atoms with van der Waals surface area (Å²) in [7, 11) is 0. The number of aromatic amines is 1. The van der Waals surface area contributed by atoms with Crippen LogP contribution in [0.2, 0.25) is 0 Å². The first kappa shape index (κ1) is 20.5.